The molecule has 2 heterocycles. The normalized spacial score (nSPS) is 16.4. The number of carbonyl (C=O) groups excluding carboxylic acids is 1. The number of hydrogen-bond donors (Lipinski definition) is 0. The molecule has 0 bridgehead atoms. The zero-order valence-electron chi connectivity index (χ0n) is 15.4. The van der Waals surface area contributed by atoms with E-state index in [-0.39, 0.29) is 11.9 Å². The molecular weight excluding hydrogens is 377 g/mol. The van der Waals surface area contributed by atoms with E-state index >= 15 is 0 Å². The Bertz CT molecular complexity index is 960. The summed E-state index contributed by atoms with van der Waals surface area (Å²) in [5.41, 5.74) is 1.83. The number of thioether (sulfide) groups is 1. The fourth-order valence-corrected chi connectivity index (χ4v) is 3.68. The van der Waals surface area contributed by atoms with Crippen molar-refractivity contribution in [3.63, 3.8) is 0 Å². The van der Waals surface area contributed by atoms with E-state index in [0.717, 1.165) is 10.5 Å². The van der Waals surface area contributed by atoms with Gasteiger partial charge in [-0.05, 0) is 42.2 Å². The number of aryl methyl sites for hydroxylation is 1. The Labute approximate surface area is 167 Å². The first-order chi connectivity index (χ1) is 13.6. The molecule has 0 N–H and O–H groups in total. The molecule has 0 saturated carbocycles. The lowest BCUT2D eigenvalue weighted by molar-refractivity contribution is 0.134. The molecule has 1 aliphatic rings. The summed E-state index contributed by atoms with van der Waals surface area (Å²) in [6.07, 6.45) is 7.33. The average molecular weight is 397 g/mol. The number of carbonyl (C=O) groups is 1. The van der Waals surface area contributed by atoms with Crippen molar-refractivity contribution >= 4 is 23.5 Å². The minimum absolute atomic E-state index is 0.225. The zero-order chi connectivity index (χ0) is 19.5. The van der Waals surface area contributed by atoms with Gasteiger partial charge in [-0.25, -0.2) is 14.2 Å². The lowest BCUT2D eigenvalue weighted by atomic mass is 10.0. The van der Waals surface area contributed by atoms with Crippen LogP contribution < -0.4 is 4.90 Å². The summed E-state index contributed by atoms with van der Waals surface area (Å²) in [4.78, 5) is 18.9. The Hall–Kier alpha value is -2.80. The molecule has 1 fully saturated rings. The molecular formula is C21H20FN3O2S. The summed E-state index contributed by atoms with van der Waals surface area (Å²) in [5, 5.41) is 0. The van der Waals surface area contributed by atoms with Crippen LogP contribution in [-0.4, -0.2) is 34.5 Å². The van der Waals surface area contributed by atoms with Gasteiger partial charge in [0, 0.05) is 35.8 Å². The molecule has 2 aromatic carbocycles. The van der Waals surface area contributed by atoms with Crippen LogP contribution in [0.3, 0.4) is 0 Å². The largest absolute Gasteiger partial charge is 0.444 e. The quantitative estimate of drug-likeness (QED) is 0.559. The molecule has 144 valence electrons. The molecule has 7 heteroatoms. The van der Waals surface area contributed by atoms with Crippen molar-refractivity contribution in [2.45, 2.75) is 24.0 Å². The summed E-state index contributed by atoms with van der Waals surface area (Å²) < 4.78 is 22.1. The monoisotopic (exact) mass is 397 g/mol. The van der Waals surface area contributed by atoms with Gasteiger partial charge < -0.3 is 9.30 Å². The SMILES string of the molecule is CSc1ccc(-c2ccc(N3CC(CCn4ccnc4)OC3=O)cc2F)cc1. The molecule has 1 unspecified atom stereocenters. The second-order valence-corrected chi connectivity index (χ2v) is 7.48. The maximum Gasteiger partial charge on any atom is 0.414 e. The van der Waals surface area contributed by atoms with Crippen molar-refractivity contribution < 1.29 is 13.9 Å². The number of rotatable bonds is 6. The predicted octanol–water partition coefficient (Wildman–Crippen LogP) is 4.83. The van der Waals surface area contributed by atoms with Crippen LogP contribution in [0.4, 0.5) is 14.9 Å². The number of aromatic nitrogens is 2. The second-order valence-electron chi connectivity index (χ2n) is 6.60. The third-order valence-corrected chi connectivity index (χ3v) is 5.55. The summed E-state index contributed by atoms with van der Waals surface area (Å²) in [6, 6.07) is 12.6. The van der Waals surface area contributed by atoms with Gasteiger partial charge in [0.05, 0.1) is 18.6 Å². The van der Waals surface area contributed by atoms with Gasteiger partial charge in [-0.15, -0.1) is 11.8 Å². The number of halogens is 1. The van der Waals surface area contributed by atoms with Gasteiger partial charge in [0.15, 0.2) is 0 Å². The highest BCUT2D eigenvalue weighted by atomic mass is 32.2. The Morgan fingerprint density at radius 1 is 1.25 bits per heavy atom. The van der Waals surface area contributed by atoms with E-state index in [1.807, 2.05) is 41.3 Å². The molecule has 3 aromatic rings. The number of anilines is 1. The predicted molar refractivity (Wildman–Crippen MR) is 108 cm³/mol. The molecule has 1 atom stereocenters. The van der Waals surface area contributed by atoms with Crippen LogP contribution in [0.1, 0.15) is 6.42 Å². The van der Waals surface area contributed by atoms with Crippen LogP contribution >= 0.6 is 11.8 Å². The second kappa shape index (κ2) is 8.06. The Kier molecular flexibility index (Phi) is 5.34. The molecule has 1 amide bonds. The highest BCUT2D eigenvalue weighted by Crippen LogP contribution is 2.30. The number of amides is 1. The first-order valence-corrected chi connectivity index (χ1v) is 10.2. The third kappa shape index (κ3) is 3.89. The van der Waals surface area contributed by atoms with E-state index in [9.17, 15) is 9.18 Å². The van der Waals surface area contributed by atoms with E-state index in [1.54, 1.807) is 36.4 Å². The van der Waals surface area contributed by atoms with Crippen molar-refractivity contribution in [1.29, 1.82) is 0 Å². The van der Waals surface area contributed by atoms with Gasteiger partial charge in [-0.3, -0.25) is 4.90 Å². The number of imidazole rings is 1. The topological polar surface area (TPSA) is 47.4 Å². The van der Waals surface area contributed by atoms with Gasteiger partial charge >= 0.3 is 6.09 Å². The molecule has 1 aromatic heterocycles. The Morgan fingerprint density at radius 3 is 2.75 bits per heavy atom. The van der Waals surface area contributed by atoms with Gasteiger partial charge in [0.25, 0.3) is 0 Å². The number of nitrogens with zero attached hydrogens (tertiary/aromatic N) is 3. The van der Waals surface area contributed by atoms with E-state index in [0.29, 0.717) is 30.8 Å². The maximum atomic E-state index is 14.7. The van der Waals surface area contributed by atoms with E-state index in [1.165, 1.54) is 11.0 Å². The van der Waals surface area contributed by atoms with Gasteiger partial charge in [-0.2, -0.15) is 0 Å². The van der Waals surface area contributed by atoms with E-state index in [4.69, 9.17) is 4.74 Å². The number of hydrogen-bond acceptors (Lipinski definition) is 4. The van der Waals surface area contributed by atoms with Crippen LogP contribution in [-0.2, 0) is 11.3 Å². The highest BCUT2D eigenvalue weighted by molar-refractivity contribution is 7.98. The van der Waals surface area contributed by atoms with Gasteiger partial charge in [0.2, 0.25) is 0 Å². The number of benzene rings is 2. The summed E-state index contributed by atoms with van der Waals surface area (Å²) in [6.45, 7) is 1.12. The summed E-state index contributed by atoms with van der Waals surface area (Å²) in [5.74, 6) is -0.357. The van der Waals surface area contributed by atoms with Crippen molar-refractivity contribution in [2.24, 2.45) is 0 Å². The maximum absolute atomic E-state index is 14.7. The van der Waals surface area contributed by atoms with Crippen molar-refractivity contribution in [1.82, 2.24) is 9.55 Å². The van der Waals surface area contributed by atoms with Crippen molar-refractivity contribution in [2.75, 3.05) is 17.7 Å². The van der Waals surface area contributed by atoms with Crippen LogP contribution in [0.5, 0.6) is 0 Å². The molecule has 0 radical (unpaired) electrons. The van der Waals surface area contributed by atoms with Gasteiger partial charge in [0.1, 0.15) is 11.9 Å². The van der Waals surface area contributed by atoms with Crippen LogP contribution in [0.2, 0.25) is 0 Å². The van der Waals surface area contributed by atoms with Crippen molar-refractivity contribution in [3.8, 4) is 11.1 Å². The minimum atomic E-state index is -0.438. The zero-order valence-corrected chi connectivity index (χ0v) is 16.2. The molecule has 5 nitrogen and oxygen atoms in total. The fraction of sp³-hybridized carbons (Fsp3) is 0.238. The first-order valence-electron chi connectivity index (χ1n) is 9.02. The summed E-state index contributed by atoms with van der Waals surface area (Å²) >= 11 is 1.64. The molecule has 1 saturated heterocycles. The van der Waals surface area contributed by atoms with E-state index in [2.05, 4.69) is 4.98 Å². The van der Waals surface area contributed by atoms with Crippen LogP contribution in [0, 0.1) is 5.82 Å². The molecule has 0 aliphatic carbocycles. The molecule has 28 heavy (non-hydrogen) atoms. The smallest absolute Gasteiger partial charge is 0.414 e. The fourth-order valence-electron chi connectivity index (χ4n) is 3.27. The summed E-state index contributed by atoms with van der Waals surface area (Å²) in [7, 11) is 0. The standard InChI is InChI=1S/C21H20FN3O2S/c1-28-18-5-2-15(3-6-18)19-7-4-16(12-20(19)22)25-13-17(27-21(25)26)8-10-24-11-9-23-14-24/h2-7,9,11-12,14,17H,8,10,13H2,1H3. The van der Waals surface area contributed by atoms with Crippen LogP contribution in [0.25, 0.3) is 11.1 Å². The van der Waals surface area contributed by atoms with Crippen molar-refractivity contribution in [3.05, 3.63) is 67.0 Å². The molecule has 4 rings (SSSR count). The molecule has 0 spiro atoms. The minimum Gasteiger partial charge on any atom is -0.444 e. The van der Waals surface area contributed by atoms with Gasteiger partial charge in [-0.1, -0.05) is 12.1 Å². The average Bonchev–Trinajstić information content (AvgIpc) is 3.36. The number of cyclic esters (lactones) is 1. The van der Waals surface area contributed by atoms with E-state index < -0.39 is 6.09 Å². The van der Waals surface area contributed by atoms with Crippen LogP contribution in [0.15, 0.2) is 66.1 Å². The Morgan fingerprint density at radius 2 is 2.07 bits per heavy atom. The number of ether oxygens (including phenoxy) is 1. The lowest BCUT2D eigenvalue weighted by Gasteiger charge is -2.14. The first kappa shape index (κ1) is 18.6. The lowest BCUT2D eigenvalue weighted by Crippen LogP contribution is -2.24. The Balaban J connectivity index is 1.46. The highest BCUT2D eigenvalue weighted by Gasteiger charge is 2.32. The molecule has 1 aliphatic heterocycles. The third-order valence-electron chi connectivity index (χ3n) is 4.81.